The first-order valence-corrected chi connectivity index (χ1v) is 5.57. The zero-order chi connectivity index (χ0) is 11.8. The van der Waals surface area contributed by atoms with Crippen molar-refractivity contribution in [2.24, 2.45) is 0 Å². The second-order valence-electron chi connectivity index (χ2n) is 2.68. The van der Waals surface area contributed by atoms with Gasteiger partial charge >= 0.3 is 12.0 Å². The highest BCUT2D eigenvalue weighted by Crippen LogP contribution is 2.06. The molecule has 1 aromatic rings. The molecule has 0 aromatic carbocycles. The van der Waals surface area contributed by atoms with Gasteiger partial charge in [0, 0.05) is 6.54 Å². The fraction of sp³-hybridized carbons (Fsp3) is 0.500. The van der Waals surface area contributed by atoms with E-state index >= 15 is 0 Å². The zero-order valence-electron chi connectivity index (χ0n) is 8.73. The highest BCUT2D eigenvalue weighted by molar-refractivity contribution is 7.13. The Hall–Kier alpha value is -1.70. The van der Waals surface area contributed by atoms with Crippen molar-refractivity contribution < 1.29 is 14.3 Å². The number of carbonyl (C=O) groups excluding carboxylic acids is 2. The minimum Gasteiger partial charge on any atom is -0.466 e. The molecule has 0 aliphatic heterocycles. The average Bonchev–Trinajstić information content (AvgIpc) is 2.70. The lowest BCUT2D eigenvalue weighted by molar-refractivity contribution is -0.142. The number of aromatic nitrogens is 2. The summed E-state index contributed by atoms with van der Waals surface area (Å²) in [7, 11) is 0. The predicted molar refractivity (Wildman–Crippen MR) is 58.2 cm³/mol. The van der Waals surface area contributed by atoms with Crippen LogP contribution in [0.1, 0.15) is 13.3 Å². The quantitative estimate of drug-likeness (QED) is 0.740. The van der Waals surface area contributed by atoms with Crippen LogP contribution in [0.2, 0.25) is 0 Å². The molecule has 1 heterocycles. The van der Waals surface area contributed by atoms with Crippen LogP contribution >= 0.6 is 11.3 Å². The lowest BCUT2D eigenvalue weighted by Gasteiger charge is -2.04. The number of nitrogens with zero attached hydrogens (tertiary/aromatic N) is 2. The van der Waals surface area contributed by atoms with Crippen molar-refractivity contribution in [2.45, 2.75) is 13.3 Å². The maximum Gasteiger partial charge on any atom is 0.321 e. The maximum atomic E-state index is 11.2. The van der Waals surface area contributed by atoms with Gasteiger partial charge in [-0.15, -0.1) is 10.2 Å². The van der Waals surface area contributed by atoms with Crippen molar-refractivity contribution in [1.29, 1.82) is 0 Å². The molecule has 0 fully saturated rings. The van der Waals surface area contributed by atoms with E-state index in [9.17, 15) is 9.59 Å². The summed E-state index contributed by atoms with van der Waals surface area (Å²) in [5, 5.41) is 12.6. The van der Waals surface area contributed by atoms with Gasteiger partial charge in [0.15, 0.2) is 0 Å². The molecule has 0 saturated heterocycles. The summed E-state index contributed by atoms with van der Waals surface area (Å²) in [5.74, 6) is -0.335. The van der Waals surface area contributed by atoms with Crippen LogP contribution in [-0.2, 0) is 9.53 Å². The molecule has 88 valence electrons. The number of carbonyl (C=O) groups is 2. The highest BCUT2D eigenvalue weighted by atomic mass is 32.1. The monoisotopic (exact) mass is 244 g/mol. The smallest absolute Gasteiger partial charge is 0.321 e. The van der Waals surface area contributed by atoms with Crippen LogP contribution in [0, 0.1) is 0 Å². The van der Waals surface area contributed by atoms with Crippen LogP contribution in [0.4, 0.5) is 9.93 Å². The Bertz CT molecular complexity index is 341. The van der Waals surface area contributed by atoms with Crippen LogP contribution < -0.4 is 10.6 Å². The van der Waals surface area contributed by atoms with E-state index in [1.807, 2.05) is 0 Å². The van der Waals surface area contributed by atoms with E-state index in [4.69, 9.17) is 4.74 Å². The van der Waals surface area contributed by atoms with Crippen molar-refractivity contribution in [3.8, 4) is 0 Å². The molecular formula is C8H12N4O3S. The Balaban J connectivity index is 2.13. The first-order chi connectivity index (χ1) is 7.72. The summed E-state index contributed by atoms with van der Waals surface area (Å²) in [6.45, 7) is 2.30. The van der Waals surface area contributed by atoms with Crippen LogP contribution in [0.25, 0.3) is 0 Å². The summed E-state index contributed by atoms with van der Waals surface area (Å²) >= 11 is 1.21. The molecule has 7 nitrogen and oxygen atoms in total. The Morgan fingerprint density at radius 3 is 3.00 bits per heavy atom. The molecule has 0 atom stereocenters. The number of hydrogen-bond acceptors (Lipinski definition) is 6. The number of esters is 1. The molecule has 0 radical (unpaired) electrons. The predicted octanol–water partition coefficient (Wildman–Crippen LogP) is 0.613. The van der Waals surface area contributed by atoms with Crippen LogP contribution in [0.3, 0.4) is 0 Å². The first kappa shape index (κ1) is 12.4. The molecule has 0 saturated carbocycles. The molecule has 1 aromatic heterocycles. The topological polar surface area (TPSA) is 93.2 Å². The van der Waals surface area contributed by atoms with Gasteiger partial charge in [0.1, 0.15) is 5.51 Å². The van der Waals surface area contributed by atoms with Gasteiger partial charge in [0.05, 0.1) is 13.0 Å². The SMILES string of the molecule is CCOC(=O)CCNC(=O)Nc1nncs1. The van der Waals surface area contributed by atoms with E-state index in [1.165, 1.54) is 16.8 Å². The van der Waals surface area contributed by atoms with Crippen molar-refractivity contribution >= 4 is 28.5 Å². The number of hydrogen-bond donors (Lipinski definition) is 2. The second-order valence-corrected chi connectivity index (χ2v) is 3.51. The average molecular weight is 244 g/mol. The lowest BCUT2D eigenvalue weighted by atomic mass is 10.4. The molecule has 0 aliphatic rings. The van der Waals surface area contributed by atoms with Gasteiger partial charge in [-0.25, -0.2) is 4.79 Å². The zero-order valence-corrected chi connectivity index (χ0v) is 9.54. The third-order valence-corrected chi connectivity index (χ3v) is 2.11. The molecule has 0 spiro atoms. The summed E-state index contributed by atoms with van der Waals surface area (Å²) in [6.07, 6.45) is 0.150. The fourth-order valence-corrected chi connectivity index (χ4v) is 1.32. The minimum absolute atomic E-state index is 0.150. The number of nitrogens with one attached hydrogen (secondary N) is 2. The Labute approximate surface area is 96.2 Å². The van der Waals surface area contributed by atoms with Crippen molar-refractivity contribution in [1.82, 2.24) is 15.5 Å². The summed E-state index contributed by atoms with van der Waals surface area (Å²) in [6, 6.07) is -0.416. The largest absolute Gasteiger partial charge is 0.466 e. The Kier molecular flexibility index (Phi) is 5.20. The molecular weight excluding hydrogens is 232 g/mol. The molecule has 16 heavy (non-hydrogen) atoms. The van der Waals surface area contributed by atoms with Gasteiger partial charge < -0.3 is 10.1 Å². The normalized spacial score (nSPS) is 9.56. The van der Waals surface area contributed by atoms with E-state index in [0.29, 0.717) is 11.7 Å². The van der Waals surface area contributed by atoms with Crippen LogP contribution in [0.5, 0.6) is 0 Å². The first-order valence-electron chi connectivity index (χ1n) is 4.69. The van der Waals surface area contributed by atoms with Gasteiger partial charge in [-0.05, 0) is 6.92 Å². The van der Waals surface area contributed by atoms with E-state index in [1.54, 1.807) is 6.92 Å². The van der Waals surface area contributed by atoms with Gasteiger partial charge in [-0.3, -0.25) is 10.1 Å². The minimum atomic E-state index is -0.416. The van der Waals surface area contributed by atoms with Crippen molar-refractivity contribution in [2.75, 3.05) is 18.5 Å². The molecule has 0 bridgehead atoms. The number of anilines is 1. The van der Waals surface area contributed by atoms with E-state index in [2.05, 4.69) is 20.8 Å². The Morgan fingerprint density at radius 2 is 2.38 bits per heavy atom. The van der Waals surface area contributed by atoms with Crippen molar-refractivity contribution in [3.05, 3.63) is 5.51 Å². The lowest BCUT2D eigenvalue weighted by Crippen LogP contribution is -2.30. The van der Waals surface area contributed by atoms with E-state index in [0.717, 1.165) is 0 Å². The molecule has 0 unspecified atom stereocenters. The number of rotatable bonds is 5. The van der Waals surface area contributed by atoms with Gasteiger partial charge in [-0.1, -0.05) is 11.3 Å². The molecule has 8 heteroatoms. The van der Waals surface area contributed by atoms with Gasteiger partial charge in [-0.2, -0.15) is 0 Å². The third kappa shape index (κ3) is 4.69. The van der Waals surface area contributed by atoms with E-state index in [-0.39, 0.29) is 18.9 Å². The van der Waals surface area contributed by atoms with Gasteiger partial charge in [0.2, 0.25) is 5.13 Å². The van der Waals surface area contributed by atoms with Gasteiger partial charge in [0.25, 0.3) is 0 Å². The number of urea groups is 1. The summed E-state index contributed by atoms with van der Waals surface area (Å²) in [4.78, 5) is 22.1. The number of ether oxygens (including phenoxy) is 1. The van der Waals surface area contributed by atoms with Crippen LogP contribution in [0.15, 0.2) is 5.51 Å². The molecule has 1 rings (SSSR count). The summed E-state index contributed by atoms with van der Waals surface area (Å²) < 4.78 is 4.70. The summed E-state index contributed by atoms with van der Waals surface area (Å²) in [5.41, 5.74) is 1.51. The van der Waals surface area contributed by atoms with Crippen molar-refractivity contribution in [3.63, 3.8) is 0 Å². The second kappa shape index (κ2) is 6.72. The molecule has 0 aliphatic carbocycles. The Morgan fingerprint density at radius 1 is 1.56 bits per heavy atom. The maximum absolute atomic E-state index is 11.2. The fourth-order valence-electron chi connectivity index (χ4n) is 0.880. The van der Waals surface area contributed by atoms with Crippen LogP contribution in [-0.4, -0.2) is 35.3 Å². The third-order valence-electron chi connectivity index (χ3n) is 1.50. The highest BCUT2D eigenvalue weighted by Gasteiger charge is 2.05. The molecule has 2 N–H and O–H groups in total. The number of amides is 2. The standard InChI is InChI=1S/C8H12N4O3S/c1-2-15-6(13)3-4-9-7(14)11-8-12-10-5-16-8/h5H,2-4H2,1H3,(H2,9,11,12,14). The molecule has 2 amide bonds. The van der Waals surface area contributed by atoms with E-state index < -0.39 is 6.03 Å².